The number of aliphatic hydroxyl groups excluding tert-OH is 1. The molecule has 0 aliphatic rings. The van der Waals surface area contributed by atoms with E-state index in [4.69, 9.17) is 37.0 Å². The fourth-order valence-corrected chi connectivity index (χ4v) is 11.6. The largest absolute Gasteiger partial charge is 0.472 e. The van der Waals surface area contributed by atoms with Gasteiger partial charge in [0.05, 0.1) is 26.4 Å². The Kier molecular flexibility index (Phi) is 74.5. The summed E-state index contributed by atoms with van der Waals surface area (Å²) in [6, 6.07) is 0. The van der Waals surface area contributed by atoms with Gasteiger partial charge >= 0.3 is 39.5 Å². The summed E-state index contributed by atoms with van der Waals surface area (Å²) in [5, 5.41) is 10.7. The Hall–Kier alpha value is -6.10. The van der Waals surface area contributed by atoms with Crippen LogP contribution in [0, 0.1) is 0 Å². The number of hydrogen-bond acceptors (Lipinski definition) is 15. The van der Waals surface area contributed by atoms with Crippen molar-refractivity contribution in [2.75, 3.05) is 39.6 Å². The number of carbonyl (C=O) groups excluding carboxylic acids is 4. The lowest BCUT2D eigenvalue weighted by molar-refractivity contribution is -0.161. The maximum atomic E-state index is 13.1. The van der Waals surface area contributed by atoms with E-state index in [0.717, 1.165) is 173 Å². The molecule has 0 fully saturated rings. The third kappa shape index (κ3) is 78.0. The summed E-state index contributed by atoms with van der Waals surface area (Å²) < 4.78 is 68.5. The number of phosphoric ester groups is 2. The van der Waals surface area contributed by atoms with E-state index in [-0.39, 0.29) is 25.7 Å². The van der Waals surface area contributed by atoms with E-state index < -0.39 is 97.5 Å². The number of aliphatic hydroxyl groups is 1. The molecule has 0 aromatic rings. The zero-order valence-corrected chi connectivity index (χ0v) is 68.5. The van der Waals surface area contributed by atoms with Crippen molar-refractivity contribution in [1.29, 1.82) is 0 Å². The number of unbranched alkanes of at least 4 members (excludes halogenated alkanes) is 16. The van der Waals surface area contributed by atoms with Gasteiger partial charge in [0.2, 0.25) is 0 Å². The predicted octanol–water partition coefficient (Wildman–Crippen LogP) is 24.1. The van der Waals surface area contributed by atoms with E-state index in [1.807, 2.05) is 30.4 Å². The number of phosphoric acid groups is 2. The maximum absolute atomic E-state index is 13.1. The quantitative estimate of drug-likeness (QED) is 0.0169. The first-order chi connectivity index (χ1) is 52.7. The standard InChI is InChI=1S/C89H142O17P2/c1-5-9-13-17-21-25-29-33-37-40-41-44-47-50-54-58-62-66-70-74-87(92)100-79-84(105-88(93)75-71-67-63-59-55-51-45-36-32-28-24-20-16-12-8-4)81-103-107(95,96)101-77-83(90)78-102-108(97,98)104-82-85(106-89(94)76-72-68-64-60-56-52-48-43-39-35-31-27-23-19-15-11-7-3)80-99-86(91)73-69-65-61-57-53-49-46-42-38-34-30-26-22-18-14-10-6-2/h9-11,13-15,21-28,33-39,41,44-46,49-50,54,57,61-62,66,83-85,90H,5-8,12,16-20,29-32,40,42-43,47-48,51-53,55-56,58-60,63-65,67-82H2,1-4H3,(H,95,96)(H,97,98)/b13-9-,14-10-,15-11-,25-21-,26-22-,27-23-,28-24-,37-33-,38-34-,39-35-,44-41-,45-36-,49-46-,54-50-,61-57-,66-62-. The topological polar surface area (TPSA) is 237 Å². The Morgan fingerprint density at radius 1 is 0.269 bits per heavy atom. The molecule has 610 valence electrons. The van der Waals surface area contributed by atoms with Gasteiger partial charge in [-0.2, -0.15) is 0 Å². The predicted molar refractivity (Wildman–Crippen MR) is 445 cm³/mol. The molecular weight excluding hydrogens is 1400 g/mol. The normalized spacial score (nSPS) is 14.8. The van der Waals surface area contributed by atoms with Gasteiger partial charge in [0.25, 0.3) is 0 Å². The first-order valence-corrected chi connectivity index (χ1v) is 43.7. The summed E-state index contributed by atoms with van der Waals surface area (Å²) in [6.07, 6.45) is 97.1. The first kappa shape index (κ1) is 102. The summed E-state index contributed by atoms with van der Waals surface area (Å²) in [7, 11) is -10.0. The molecular formula is C89H142O17P2. The van der Waals surface area contributed by atoms with E-state index in [2.05, 4.69) is 192 Å². The average Bonchev–Trinajstić information content (AvgIpc) is 0.901. The van der Waals surface area contributed by atoms with Crippen molar-refractivity contribution < 1.29 is 80.2 Å². The zero-order chi connectivity index (χ0) is 78.9. The van der Waals surface area contributed by atoms with Gasteiger partial charge in [-0.25, -0.2) is 9.13 Å². The lowest BCUT2D eigenvalue weighted by atomic mass is 10.1. The van der Waals surface area contributed by atoms with Gasteiger partial charge in [-0.15, -0.1) is 0 Å². The first-order valence-electron chi connectivity index (χ1n) is 40.7. The second-order valence-corrected chi connectivity index (χ2v) is 29.1. The number of esters is 4. The Labute approximate surface area is 653 Å². The van der Waals surface area contributed by atoms with E-state index in [0.29, 0.717) is 38.5 Å². The lowest BCUT2D eigenvalue weighted by Gasteiger charge is -2.21. The molecule has 0 radical (unpaired) electrons. The van der Waals surface area contributed by atoms with Gasteiger partial charge < -0.3 is 33.8 Å². The van der Waals surface area contributed by atoms with Crippen LogP contribution in [0.3, 0.4) is 0 Å². The van der Waals surface area contributed by atoms with Gasteiger partial charge in [0.1, 0.15) is 19.3 Å². The van der Waals surface area contributed by atoms with Gasteiger partial charge in [0.15, 0.2) is 12.2 Å². The highest BCUT2D eigenvalue weighted by molar-refractivity contribution is 7.47. The van der Waals surface area contributed by atoms with Crippen molar-refractivity contribution in [3.05, 3.63) is 194 Å². The van der Waals surface area contributed by atoms with E-state index in [1.54, 1.807) is 0 Å². The van der Waals surface area contributed by atoms with E-state index in [9.17, 15) is 43.2 Å². The summed E-state index contributed by atoms with van der Waals surface area (Å²) in [4.78, 5) is 73.1. The number of allylic oxidation sites excluding steroid dienone is 32. The molecule has 5 unspecified atom stereocenters. The zero-order valence-electron chi connectivity index (χ0n) is 66.7. The number of carbonyl (C=O) groups is 4. The molecule has 17 nitrogen and oxygen atoms in total. The molecule has 0 aromatic heterocycles. The number of rotatable bonds is 74. The minimum Gasteiger partial charge on any atom is -0.462 e. The molecule has 0 heterocycles. The maximum Gasteiger partial charge on any atom is 0.472 e. The minimum absolute atomic E-state index is 0.0249. The van der Waals surface area contributed by atoms with Crippen molar-refractivity contribution >= 4 is 39.5 Å². The van der Waals surface area contributed by atoms with Crippen LogP contribution in [0.4, 0.5) is 0 Å². The van der Waals surface area contributed by atoms with Crippen LogP contribution in [0.15, 0.2) is 194 Å². The number of hydrogen-bond donors (Lipinski definition) is 3. The molecule has 3 N–H and O–H groups in total. The van der Waals surface area contributed by atoms with Gasteiger partial charge in [0, 0.05) is 25.7 Å². The molecule has 0 saturated carbocycles. The van der Waals surface area contributed by atoms with Crippen LogP contribution in [0.2, 0.25) is 0 Å². The molecule has 0 aromatic carbocycles. The van der Waals surface area contributed by atoms with Crippen molar-refractivity contribution in [3.63, 3.8) is 0 Å². The van der Waals surface area contributed by atoms with E-state index in [1.165, 1.54) is 19.3 Å². The van der Waals surface area contributed by atoms with Crippen molar-refractivity contribution in [2.45, 2.75) is 303 Å². The van der Waals surface area contributed by atoms with Crippen LogP contribution in [-0.2, 0) is 65.4 Å². The lowest BCUT2D eigenvalue weighted by Crippen LogP contribution is -2.30. The molecule has 0 aliphatic carbocycles. The van der Waals surface area contributed by atoms with Crippen LogP contribution >= 0.6 is 15.6 Å². The second-order valence-electron chi connectivity index (χ2n) is 26.2. The smallest absolute Gasteiger partial charge is 0.462 e. The highest BCUT2D eigenvalue weighted by Gasteiger charge is 2.30. The monoisotopic (exact) mass is 1540 g/mol. The molecule has 0 amide bonds. The highest BCUT2D eigenvalue weighted by atomic mass is 31.2. The van der Waals surface area contributed by atoms with Crippen LogP contribution in [0.5, 0.6) is 0 Å². The van der Waals surface area contributed by atoms with Crippen molar-refractivity contribution in [2.24, 2.45) is 0 Å². The molecule has 5 atom stereocenters. The third-order valence-corrected chi connectivity index (χ3v) is 17.9. The molecule has 0 spiro atoms. The third-order valence-electron chi connectivity index (χ3n) is 16.0. The minimum atomic E-state index is -5.01. The Bertz CT molecular complexity index is 2810. The summed E-state index contributed by atoms with van der Waals surface area (Å²) in [5.41, 5.74) is 0. The molecule has 19 heteroatoms. The van der Waals surface area contributed by atoms with Gasteiger partial charge in [-0.3, -0.25) is 37.3 Å². The van der Waals surface area contributed by atoms with Crippen LogP contribution < -0.4 is 0 Å². The highest BCUT2D eigenvalue weighted by Crippen LogP contribution is 2.45. The van der Waals surface area contributed by atoms with Gasteiger partial charge in [-0.1, -0.05) is 286 Å². The average molecular weight is 1550 g/mol. The van der Waals surface area contributed by atoms with Crippen molar-refractivity contribution in [1.82, 2.24) is 0 Å². The number of ether oxygens (including phenoxy) is 4. The molecule has 0 rings (SSSR count). The SMILES string of the molecule is CC/C=C\C/C=C\C/C=C\C/C=C\C/C=C\C/C=C\CCC(=O)OCC(COP(=O)(O)OCC(O)COP(=O)(O)OCC(COC(=O)CCC/C=C\C/C=C\C/C=C\C/C=C\C/C=C\CC)OC(=O)CCCCCCCCC/C=C\C/C=C\C/C=C\CC)OC(=O)CCCCCCC/C=C\C/C=C\CCCCC. The molecule has 0 saturated heterocycles. The van der Waals surface area contributed by atoms with E-state index >= 15 is 0 Å². The van der Waals surface area contributed by atoms with Crippen LogP contribution in [-0.4, -0.2) is 96.7 Å². The summed E-state index contributed by atoms with van der Waals surface area (Å²) >= 11 is 0. The molecule has 108 heavy (non-hydrogen) atoms. The summed E-state index contributed by atoms with van der Waals surface area (Å²) in [5.74, 6) is -2.38. The Balaban J connectivity index is 5.52. The second kappa shape index (κ2) is 79.0. The Morgan fingerprint density at radius 3 is 0.824 bits per heavy atom. The van der Waals surface area contributed by atoms with Crippen LogP contribution in [0.1, 0.15) is 285 Å². The van der Waals surface area contributed by atoms with Gasteiger partial charge in [-0.05, 0) is 167 Å². The van der Waals surface area contributed by atoms with Crippen LogP contribution in [0.25, 0.3) is 0 Å². The van der Waals surface area contributed by atoms with Crippen molar-refractivity contribution in [3.8, 4) is 0 Å². The summed E-state index contributed by atoms with van der Waals surface area (Å²) in [6.45, 7) is 4.31. The fourth-order valence-electron chi connectivity index (χ4n) is 9.97. The molecule has 0 bridgehead atoms. The fraction of sp³-hybridized carbons (Fsp3) is 0.596. The Morgan fingerprint density at radius 2 is 0.509 bits per heavy atom. The molecule has 0 aliphatic heterocycles.